The topological polar surface area (TPSA) is 25.8 Å². The van der Waals surface area contributed by atoms with Gasteiger partial charge in [-0.05, 0) is 0 Å². The fourth-order valence-electron chi connectivity index (χ4n) is 0.215. The van der Waals surface area contributed by atoms with Crippen molar-refractivity contribution in [2.45, 2.75) is 0 Å². The molecule has 0 aliphatic rings. The van der Waals surface area contributed by atoms with Crippen molar-refractivity contribution in [2.75, 3.05) is 0 Å². The maximum Gasteiger partial charge on any atom is 0.0963 e. The Bertz CT molecular complexity index is 113. The molecule has 1 heterocycles. The second-order valence-electron chi connectivity index (χ2n) is 0.874. The molecule has 0 amide bonds. The zero-order valence-electron chi connectivity index (χ0n) is 3.05. The van der Waals surface area contributed by atoms with Gasteiger partial charge in [0.2, 0.25) is 0 Å². The van der Waals surface area contributed by atoms with Crippen LogP contribution in [0, 0.1) is 0 Å². The first-order chi connectivity index (χ1) is 2.89. The molecule has 1 rings (SSSR count). The van der Waals surface area contributed by atoms with Gasteiger partial charge in [-0.1, -0.05) is 17.4 Å². The van der Waals surface area contributed by atoms with E-state index in [0.29, 0.717) is 8.19 Å². The highest BCUT2D eigenvalue weighted by Gasteiger charge is 1.76. The van der Waals surface area contributed by atoms with Crippen LogP contribution in [-0.2, 0) is 0 Å². The Kier molecular flexibility index (Phi) is 1.19. The van der Waals surface area contributed by atoms with Crippen LogP contribution >= 0.6 is 17.4 Å². The third-order valence-electron chi connectivity index (χ3n) is 0.436. The van der Waals surface area contributed by atoms with Gasteiger partial charge < -0.3 is 0 Å². The first-order valence-electron chi connectivity index (χ1n) is 1.51. The van der Waals surface area contributed by atoms with Gasteiger partial charge >= 0.3 is 0 Å². The van der Waals surface area contributed by atoms with Crippen molar-refractivity contribution in [3.05, 3.63) is 5.93 Å². The average molecular weight is 118 g/mol. The summed E-state index contributed by atoms with van der Waals surface area (Å²) in [5.74, 6) is 1.81. The van der Waals surface area contributed by atoms with Crippen LogP contribution in [0.5, 0.6) is 0 Å². The van der Waals surface area contributed by atoms with E-state index in [0.717, 1.165) is 5.17 Å². The van der Waals surface area contributed by atoms with Crippen molar-refractivity contribution < 1.29 is 0 Å². The van der Waals surface area contributed by atoms with Gasteiger partial charge in [-0.25, -0.2) is 0 Å². The molecule has 0 aliphatic heterocycles. The predicted octanol–water partition coefficient (Wildman–Crippen LogP) is 0.00830. The van der Waals surface area contributed by atoms with E-state index in [9.17, 15) is 0 Å². The SMILES string of the molecule is Pc1nnc[pH]1. The number of nitrogens with zero attached hydrogens (tertiary/aromatic N) is 2. The molecule has 2 nitrogen and oxygen atoms in total. The van der Waals surface area contributed by atoms with Crippen LogP contribution in [0.25, 0.3) is 0 Å². The fraction of sp³-hybridized carbons (Fsp3) is 0. The molecule has 0 saturated heterocycles. The normalized spacial score (nSPS) is 10.2. The maximum absolute atomic E-state index is 3.70. The Labute approximate surface area is 39.7 Å². The molecule has 0 saturated carbocycles. The molecule has 0 radical (unpaired) electrons. The third-order valence-corrected chi connectivity index (χ3v) is 1.69. The first-order valence-corrected chi connectivity index (χ1v) is 3.16. The lowest BCUT2D eigenvalue weighted by molar-refractivity contribution is 1.11. The molecule has 0 aliphatic carbocycles. The molecule has 0 bridgehead atoms. The Balaban J connectivity index is 3.05. The molecule has 0 N–H and O–H groups in total. The van der Waals surface area contributed by atoms with Gasteiger partial charge in [-0.2, -0.15) is 5.10 Å². The molecule has 0 fully saturated rings. The highest BCUT2D eigenvalue weighted by Crippen LogP contribution is 1.95. The molecule has 6 heavy (non-hydrogen) atoms. The number of hydrogen-bond acceptors (Lipinski definition) is 2. The van der Waals surface area contributed by atoms with Gasteiger partial charge in [0.25, 0.3) is 0 Å². The van der Waals surface area contributed by atoms with Crippen LogP contribution in [0.4, 0.5) is 0 Å². The summed E-state index contributed by atoms with van der Waals surface area (Å²) in [6.45, 7) is 0. The van der Waals surface area contributed by atoms with Gasteiger partial charge in [-0.3, -0.25) is 0 Å². The van der Waals surface area contributed by atoms with Gasteiger partial charge in [0.05, 0.1) is 11.1 Å². The van der Waals surface area contributed by atoms with Gasteiger partial charge in [0.15, 0.2) is 0 Å². The standard InChI is InChI=1S/C2H4N2P2/c5-2-4-3-1-6-2/h1,6H,5H2. The van der Waals surface area contributed by atoms with Crippen molar-refractivity contribution in [1.82, 2.24) is 10.2 Å². The van der Waals surface area contributed by atoms with Crippen LogP contribution in [0.1, 0.15) is 0 Å². The van der Waals surface area contributed by atoms with Crippen LogP contribution in [0.15, 0.2) is 5.93 Å². The van der Waals surface area contributed by atoms with Crippen LogP contribution in [-0.4, -0.2) is 10.2 Å². The Morgan fingerprint density at radius 1 is 1.83 bits per heavy atom. The van der Waals surface area contributed by atoms with E-state index < -0.39 is 0 Å². The predicted molar refractivity (Wildman–Crippen MR) is 30.9 cm³/mol. The molecule has 2 unspecified atom stereocenters. The fourth-order valence-corrected chi connectivity index (χ4v) is 0.868. The zero-order chi connectivity index (χ0) is 4.41. The zero-order valence-corrected chi connectivity index (χ0v) is 5.20. The molecule has 0 spiro atoms. The monoisotopic (exact) mass is 118 g/mol. The number of rotatable bonds is 0. The maximum atomic E-state index is 3.70. The van der Waals surface area contributed by atoms with Crippen molar-refractivity contribution in [1.29, 1.82) is 0 Å². The van der Waals surface area contributed by atoms with Crippen LogP contribution in [0.3, 0.4) is 0 Å². The molecule has 2 atom stereocenters. The Hall–Kier alpha value is 0.0700. The molecule has 0 aromatic carbocycles. The van der Waals surface area contributed by atoms with E-state index in [1.165, 1.54) is 0 Å². The Morgan fingerprint density at radius 3 is 2.83 bits per heavy atom. The quantitative estimate of drug-likeness (QED) is 0.448. The molecule has 4 heteroatoms. The van der Waals surface area contributed by atoms with Crippen LogP contribution in [0.2, 0.25) is 0 Å². The summed E-state index contributed by atoms with van der Waals surface area (Å²) in [6.07, 6.45) is 0. The third kappa shape index (κ3) is 0.767. The number of hydrogen-bond donors (Lipinski definition) is 0. The molecule has 1 aromatic heterocycles. The van der Waals surface area contributed by atoms with E-state index in [2.05, 4.69) is 19.4 Å². The molecular formula is C2H4N2P2. The lowest BCUT2D eigenvalue weighted by Crippen LogP contribution is -1.81. The molecule has 1 aromatic rings. The molecule has 32 valence electrons. The highest BCUT2D eigenvalue weighted by molar-refractivity contribution is 7.50. The van der Waals surface area contributed by atoms with E-state index in [-0.39, 0.29) is 0 Å². The van der Waals surface area contributed by atoms with Crippen molar-refractivity contribution in [2.24, 2.45) is 0 Å². The summed E-state index contributed by atoms with van der Waals surface area (Å²) in [7, 11) is 3.21. The largest absolute Gasteiger partial charge is 0.154 e. The van der Waals surface area contributed by atoms with E-state index >= 15 is 0 Å². The average Bonchev–Trinajstić information content (AvgIpc) is 1.86. The van der Waals surface area contributed by atoms with Gasteiger partial charge in [0.1, 0.15) is 0 Å². The minimum absolute atomic E-state index is 0.704. The Morgan fingerprint density at radius 2 is 2.67 bits per heavy atom. The minimum Gasteiger partial charge on any atom is -0.154 e. The summed E-state index contributed by atoms with van der Waals surface area (Å²) < 4.78 is 0. The van der Waals surface area contributed by atoms with Gasteiger partial charge in [0, 0.05) is 0 Å². The lowest BCUT2D eigenvalue weighted by Gasteiger charge is -1.63. The second-order valence-corrected chi connectivity index (χ2v) is 3.06. The summed E-state index contributed by atoms with van der Waals surface area (Å²) in [4.78, 5) is 0. The summed E-state index contributed by atoms with van der Waals surface area (Å²) in [5.41, 5.74) is 0. The van der Waals surface area contributed by atoms with Gasteiger partial charge in [-0.15, -0.1) is 5.10 Å². The van der Waals surface area contributed by atoms with E-state index in [1.54, 1.807) is 0 Å². The van der Waals surface area contributed by atoms with Crippen molar-refractivity contribution in [3.8, 4) is 0 Å². The summed E-state index contributed by atoms with van der Waals surface area (Å²) >= 11 is 0. The van der Waals surface area contributed by atoms with Crippen molar-refractivity contribution in [3.63, 3.8) is 0 Å². The summed E-state index contributed by atoms with van der Waals surface area (Å²) in [6, 6.07) is 0. The highest BCUT2D eigenvalue weighted by atomic mass is 31.1. The van der Waals surface area contributed by atoms with Crippen LogP contribution < -0.4 is 5.17 Å². The first kappa shape index (κ1) is 4.23. The summed E-state index contributed by atoms with van der Waals surface area (Å²) in [5, 5.41) is 8.37. The molecular weight excluding hydrogens is 114 g/mol. The minimum atomic E-state index is 0.704. The van der Waals surface area contributed by atoms with E-state index in [4.69, 9.17) is 0 Å². The van der Waals surface area contributed by atoms with Crippen molar-refractivity contribution >= 4 is 22.6 Å². The smallest absolute Gasteiger partial charge is 0.0963 e. The number of aromatic nitrogens is 2. The van der Waals surface area contributed by atoms with E-state index in [1.807, 2.05) is 5.93 Å². The lowest BCUT2D eigenvalue weighted by atomic mass is 11.6. The second kappa shape index (κ2) is 1.68.